The molecule has 2 aromatic heterocycles. The number of nitrogens with zero attached hydrogens (tertiary/aromatic N) is 1. The molecule has 1 amide bonds. The minimum Gasteiger partial charge on any atom is -0.480 e. The highest BCUT2D eigenvalue weighted by molar-refractivity contribution is 5.97. The first kappa shape index (κ1) is 20.1. The molecule has 29 heavy (non-hydrogen) atoms. The predicted molar refractivity (Wildman–Crippen MR) is 103 cm³/mol. The second-order valence-corrected chi connectivity index (χ2v) is 6.66. The molecule has 0 spiro atoms. The van der Waals surface area contributed by atoms with E-state index in [1.807, 2.05) is 30.3 Å². The summed E-state index contributed by atoms with van der Waals surface area (Å²) >= 11 is 0. The third kappa shape index (κ3) is 5.65. The Morgan fingerprint density at radius 2 is 1.90 bits per heavy atom. The number of aromatic amines is 1. The number of amides is 1. The van der Waals surface area contributed by atoms with Crippen LogP contribution in [0.5, 0.6) is 0 Å². The number of benzene rings is 1. The standard InChI is InChI=1S/C21H21N3O5/c25-18(19-7-4-8-29-19)10-15(9-14-5-2-1-3-6-14)20(26)24-17(21(27)28)11-16-12-22-13-23-16/h1-8,12-13,15,17H,9-11H2,(H,22,23)(H,24,26)(H,27,28)/t15-,17+/m1/s1. The van der Waals surface area contributed by atoms with Gasteiger partial charge in [0.1, 0.15) is 6.04 Å². The van der Waals surface area contributed by atoms with Gasteiger partial charge < -0.3 is 19.8 Å². The van der Waals surface area contributed by atoms with E-state index in [0.717, 1.165) is 5.56 Å². The van der Waals surface area contributed by atoms with Gasteiger partial charge in [-0.25, -0.2) is 9.78 Å². The van der Waals surface area contributed by atoms with Crippen molar-refractivity contribution >= 4 is 17.7 Å². The lowest BCUT2D eigenvalue weighted by molar-refractivity contribution is -0.142. The van der Waals surface area contributed by atoms with Gasteiger partial charge in [-0.2, -0.15) is 0 Å². The highest BCUT2D eigenvalue weighted by Gasteiger charge is 2.28. The zero-order valence-corrected chi connectivity index (χ0v) is 15.6. The minimum absolute atomic E-state index is 0.0365. The van der Waals surface area contributed by atoms with Gasteiger partial charge in [-0.15, -0.1) is 0 Å². The summed E-state index contributed by atoms with van der Waals surface area (Å²) in [5.74, 6) is -2.56. The maximum Gasteiger partial charge on any atom is 0.326 e. The second-order valence-electron chi connectivity index (χ2n) is 6.66. The number of ketones is 1. The Labute approximate surface area is 167 Å². The molecule has 0 aliphatic carbocycles. The Hall–Kier alpha value is -3.68. The number of aromatic nitrogens is 2. The van der Waals surface area contributed by atoms with Gasteiger partial charge in [0.25, 0.3) is 0 Å². The van der Waals surface area contributed by atoms with Crippen molar-refractivity contribution in [1.29, 1.82) is 0 Å². The Kier molecular flexibility index (Phi) is 6.57. The summed E-state index contributed by atoms with van der Waals surface area (Å²) in [5, 5.41) is 12.0. The maximum atomic E-state index is 12.9. The Morgan fingerprint density at radius 1 is 1.10 bits per heavy atom. The second kappa shape index (κ2) is 9.50. The van der Waals surface area contributed by atoms with Crippen LogP contribution in [-0.2, 0) is 22.4 Å². The van der Waals surface area contributed by atoms with E-state index in [1.165, 1.54) is 18.7 Å². The van der Waals surface area contributed by atoms with E-state index in [1.54, 1.807) is 12.3 Å². The van der Waals surface area contributed by atoms with Gasteiger partial charge in [-0.3, -0.25) is 9.59 Å². The van der Waals surface area contributed by atoms with Crippen LogP contribution >= 0.6 is 0 Å². The van der Waals surface area contributed by atoms with E-state index in [4.69, 9.17) is 4.42 Å². The molecule has 0 aliphatic heterocycles. The molecule has 0 unspecified atom stereocenters. The smallest absolute Gasteiger partial charge is 0.326 e. The SMILES string of the molecule is O=C(C[C@@H](Cc1ccccc1)C(=O)N[C@@H](Cc1c[nH]cn1)C(=O)O)c1ccco1. The number of hydrogen-bond acceptors (Lipinski definition) is 5. The van der Waals surface area contributed by atoms with Crippen molar-refractivity contribution in [2.75, 3.05) is 0 Å². The summed E-state index contributed by atoms with van der Waals surface area (Å²) in [7, 11) is 0. The van der Waals surface area contributed by atoms with Gasteiger partial charge >= 0.3 is 5.97 Å². The number of carboxylic acids is 1. The molecule has 3 rings (SSSR count). The number of Topliss-reactive ketones (excluding diaryl/α,β-unsaturated/α-hetero) is 1. The fourth-order valence-electron chi connectivity index (χ4n) is 3.02. The van der Waals surface area contributed by atoms with Crippen molar-refractivity contribution in [3.8, 4) is 0 Å². The zero-order valence-electron chi connectivity index (χ0n) is 15.6. The van der Waals surface area contributed by atoms with Crippen LogP contribution in [0, 0.1) is 5.92 Å². The Bertz CT molecular complexity index is 936. The van der Waals surface area contributed by atoms with Crippen LogP contribution in [0.25, 0.3) is 0 Å². The summed E-state index contributed by atoms with van der Waals surface area (Å²) in [4.78, 5) is 43.8. The number of carbonyl (C=O) groups excluding carboxylic acids is 2. The van der Waals surface area contributed by atoms with Crippen LogP contribution in [0.15, 0.2) is 65.7 Å². The van der Waals surface area contributed by atoms with Crippen molar-refractivity contribution in [2.45, 2.75) is 25.3 Å². The summed E-state index contributed by atoms with van der Waals surface area (Å²) in [6, 6.07) is 11.2. The van der Waals surface area contributed by atoms with E-state index in [2.05, 4.69) is 15.3 Å². The molecular formula is C21H21N3O5. The van der Waals surface area contributed by atoms with E-state index in [0.29, 0.717) is 12.1 Å². The Balaban J connectivity index is 1.74. The van der Waals surface area contributed by atoms with E-state index < -0.39 is 23.8 Å². The molecule has 150 valence electrons. The van der Waals surface area contributed by atoms with Crippen molar-refractivity contribution in [2.24, 2.45) is 5.92 Å². The molecule has 1 aromatic carbocycles. The van der Waals surface area contributed by atoms with Crippen LogP contribution in [0.2, 0.25) is 0 Å². The average Bonchev–Trinajstić information content (AvgIpc) is 3.41. The van der Waals surface area contributed by atoms with Gasteiger partial charge in [-0.05, 0) is 24.1 Å². The summed E-state index contributed by atoms with van der Waals surface area (Å²) in [5.41, 5.74) is 1.39. The van der Waals surface area contributed by atoms with E-state index in [-0.39, 0.29) is 24.4 Å². The summed E-state index contributed by atoms with van der Waals surface area (Å²) < 4.78 is 5.13. The van der Waals surface area contributed by atoms with E-state index in [9.17, 15) is 19.5 Å². The summed E-state index contributed by atoms with van der Waals surface area (Å²) in [6.45, 7) is 0. The van der Waals surface area contributed by atoms with Crippen molar-refractivity contribution in [3.63, 3.8) is 0 Å². The van der Waals surface area contributed by atoms with Gasteiger partial charge in [0.2, 0.25) is 5.91 Å². The van der Waals surface area contributed by atoms with Crippen molar-refractivity contribution in [3.05, 3.63) is 78.3 Å². The number of carbonyl (C=O) groups is 3. The quantitative estimate of drug-likeness (QED) is 0.452. The van der Waals surface area contributed by atoms with Gasteiger partial charge in [0, 0.05) is 25.0 Å². The number of imidazole rings is 1. The number of aliphatic carboxylic acids is 1. The Morgan fingerprint density at radius 3 is 2.52 bits per heavy atom. The van der Waals surface area contributed by atoms with Crippen LogP contribution in [0.4, 0.5) is 0 Å². The number of hydrogen-bond donors (Lipinski definition) is 3. The van der Waals surface area contributed by atoms with Crippen molar-refractivity contribution < 1.29 is 23.9 Å². The number of nitrogens with one attached hydrogen (secondary N) is 2. The monoisotopic (exact) mass is 395 g/mol. The molecule has 0 bridgehead atoms. The number of carboxylic acid groups (broad SMARTS) is 1. The minimum atomic E-state index is -1.17. The molecule has 0 aliphatic rings. The molecule has 0 fully saturated rings. The molecule has 2 atom stereocenters. The lowest BCUT2D eigenvalue weighted by Gasteiger charge is -2.19. The van der Waals surface area contributed by atoms with Crippen LogP contribution in [0.3, 0.4) is 0 Å². The molecular weight excluding hydrogens is 374 g/mol. The predicted octanol–water partition coefficient (Wildman–Crippen LogP) is 2.25. The first-order chi connectivity index (χ1) is 14.0. The lowest BCUT2D eigenvalue weighted by atomic mass is 9.92. The first-order valence-electron chi connectivity index (χ1n) is 9.14. The fourth-order valence-corrected chi connectivity index (χ4v) is 3.02. The number of furan rings is 1. The average molecular weight is 395 g/mol. The summed E-state index contributed by atoms with van der Waals surface area (Å²) in [6.07, 6.45) is 4.65. The molecule has 0 saturated carbocycles. The van der Waals surface area contributed by atoms with Crippen LogP contribution in [0.1, 0.15) is 28.2 Å². The van der Waals surface area contributed by atoms with Crippen LogP contribution in [-0.4, -0.2) is 38.8 Å². The third-order valence-corrected chi connectivity index (χ3v) is 4.51. The molecule has 8 heteroatoms. The van der Waals surface area contributed by atoms with Gasteiger partial charge in [0.15, 0.2) is 11.5 Å². The van der Waals surface area contributed by atoms with Gasteiger partial charge in [0.05, 0.1) is 18.3 Å². The molecule has 3 aromatic rings. The highest BCUT2D eigenvalue weighted by Crippen LogP contribution is 2.17. The molecule has 3 N–H and O–H groups in total. The number of H-pyrrole nitrogens is 1. The lowest BCUT2D eigenvalue weighted by Crippen LogP contribution is -2.45. The highest BCUT2D eigenvalue weighted by atomic mass is 16.4. The zero-order chi connectivity index (χ0) is 20.6. The molecule has 0 radical (unpaired) electrons. The molecule has 8 nitrogen and oxygen atoms in total. The topological polar surface area (TPSA) is 125 Å². The normalized spacial score (nSPS) is 12.8. The van der Waals surface area contributed by atoms with Crippen molar-refractivity contribution in [1.82, 2.24) is 15.3 Å². The number of rotatable bonds is 10. The largest absolute Gasteiger partial charge is 0.480 e. The molecule has 0 saturated heterocycles. The van der Waals surface area contributed by atoms with E-state index >= 15 is 0 Å². The maximum absolute atomic E-state index is 12.9. The fraction of sp³-hybridized carbons (Fsp3) is 0.238. The molecule has 2 heterocycles. The first-order valence-corrected chi connectivity index (χ1v) is 9.14. The third-order valence-electron chi connectivity index (χ3n) is 4.51. The van der Waals surface area contributed by atoms with Gasteiger partial charge in [-0.1, -0.05) is 30.3 Å². The van der Waals surface area contributed by atoms with Crippen LogP contribution < -0.4 is 5.32 Å².